The molecule has 2 aromatic rings. The van der Waals surface area contributed by atoms with Crippen LogP contribution < -0.4 is 0 Å². The minimum atomic E-state index is 0.664. The van der Waals surface area contributed by atoms with Crippen LogP contribution in [0.15, 0.2) is 35.5 Å². The van der Waals surface area contributed by atoms with Gasteiger partial charge in [-0.15, -0.1) is 10.2 Å². The lowest BCUT2D eigenvalue weighted by atomic mass is 10.2. The molecule has 96 valence electrons. The molecule has 1 aromatic heterocycles. The van der Waals surface area contributed by atoms with Gasteiger partial charge in [-0.25, -0.2) is 0 Å². The van der Waals surface area contributed by atoms with Crippen LogP contribution in [0.25, 0.3) is 11.4 Å². The van der Waals surface area contributed by atoms with Gasteiger partial charge in [-0.2, -0.15) is 0 Å². The first kappa shape index (κ1) is 13.1. The molecule has 3 nitrogen and oxygen atoms in total. The number of hydrogen-bond donors (Lipinski definition) is 0. The van der Waals surface area contributed by atoms with Gasteiger partial charge in [0.15, 0.2) is 11.0 Å². The molecule has 0 saturated heterocycles. The van der Waals surface area contributed by atoms with Crippen LogP contribution in [-0.2, 0) is 6.54 Å². The molecule has 0 amide bonds. The molecular weight excluding hydrogens is 242 g/mol. The Morgan fingerprint density at radius 3 is 2.50 bits per heavy atom. The number of nitrogens with zero attached hydrogens (tertiary/aromatic N) is 3. The van der Waals surface area contributed by atoms with E-state index >= 15 is 0 Å². The first-order valence-electron chi connectivity index (χ1n) is 6.33. The smallest absolute Gasteiger partial charge is 0.191 e. The molecule has 1 heterocycles. The van der Waals surface area contributed by atoms with E-state index in [-0.39, 0.29) is 0 Å². The van der Waals surface area contributed by atoms with Crippen LogP contribution in [-0.4, -0.2) is 20.5 Å². The molecule has 0 aliphatic carbocycles. The molecule has 0 N–H and O–H groups in total. The predicted molar refractivity (Wildman–Crippen MR) is 76.7 cm³/mol. The van der Waals surface area contributed by atoms with Crippen molar-refractivity contribution in [1.29, 1.82) is 0 Å². The zero-order chi connectivity index (χ0) is 13.0. The largest absolute Gasteiger partial charge is 0.302 e. The maximum absolute atomic E-state index is 4.33. The molecule has 0 saturated carbocycles. The minimum absolute atomic E-state index is 0.664. The van der Waals surface area contributed by atoms with Crippen molar-refractivity contribution in [3.63, 3.8) is 0 Å². The van der Waals surface area contributed by atoms with Gasteiger partial charge in [-0.3, -0.25) is 0 Å². The van der Waals surface area contributed by atoms with Gasteiger partial charge >= 0.3 is 0 Å². The summed E-state index contributed by atoms with van der Waals surface area (Å²) >= 11 is 1.78. The van der Waals surface area contributed by atoms with Gasteiger partial charge in [0, 0.05) is 17.9 Å². The summed E-state index contributed by atoms with van der Waals surface area (Å²) in [6, 6.07) is 10.2. The number of hydrogen-bond acceptors (Lipinski definition) is 3. The first-order chi connectivity index (χ1) is 8.72. The third-order valence-electron chi connectivity index (χ3n) is 2.61. The Morgan fingerprint density at radius 1 is 1.17 bits per heavy atom. The summed E-state index contributed by atoms with van der Waals surface area (Å²) in [5.74, 6) is 2.70. The summed E-state index contributed by atoms with van der Waals surface area (Å²) in [5, 5.41) is 9.66. The van der Waals surface area contributed by atoms with Crippen molar-refractivity contribution in [1.82, 2.24) is 14.8 Å². The average molecular weight is 261 g/mol. The average Bonchev–Trinajstić information content (AvgIpc) is 2.80. The van der Waals surface area contributed by atoms with E-state index in [4.69, 9.17) is 0 Å². The molecule has 0 radical (unpaired) electrons. The fraction of sp³-hybridized carbons (Fsp3) is 0.429. The van der Waals surface area contributed by atoms with Gasteiger partial charge in [-0.05, 0) is 12.8 Å². The van der Waals surface area contributed by atoms with E-state index in [1.807, 2.05) is 18.2 Å². The van der Waals surface area contributed by atoms with Gasteiger partial charge < -0.3 is 4.57 Å². The van der Waals surface area contributed by atoms with Crippen molar-refractivity contribution in [2.24, 2.45) is 5.92 Å². The molecule has 2 rings (SSSR count). The molecule has 4 heteroatoms. The van der Waals surface area contributed by atoms with Crippen molar-refractivity contribution in [3.05, 3.63) is 30.3 Å². The van der Waals surface area contributed by atoms with Crippen molar-refractivity contribution in [2.75, 3.05) is 5.75 Å². The molecule has 1 aromatic carbocycles. The van der Waals surface area contributed by atoms with E-state index in [9.17, 15) is 0 Å². The zero-order valence-electron chi connectivity index (χ0n) is 11.1. The van der Waals surface area contributed by atoms with Gasteiger partial charge in [0.25, 0.3) is 0 Å². The zero-order valence-corrected chi connectivity index (χ0v) is 11.9. The van der Waals surface area contributed by atoms with Crippen molar-refractivity contribution in [2.45, 2.75) is 32.5 Å². The third-order valence-corrected chi connectivity index (χ3v) is 4.00. The highest BCUT2D eigenvalue weighted by Crippen LogP contribution is 2.24. The maximum Gasteiger partial charge on any atom is 0.191 e. The van der Waals surface area contributed by atoms with Crippen LogP contribution in [0.1, 0.15) is 20.8 Å². The predicted octanol–water partition coefficient (Wildman–Crippen LogP) is 3.71. The van der Waals surface area contributed by atoms with E-state index in [0.717, 1.165) is 28.8 Å². The van der Waals surface area contributed by atoms with Crippen molar-refractivity contribution >= 4 is 11.8 Å². The standard InChI is InChI=1S/C14H19N3S/c1-4-17-13(12-8-6-5-7-9-12)15-16-14(17)18-10-11(2)3/h5-9,11H,4,10H2,1-3H3. The van der Waals surface area contributed by atoms with Gasteiger partial charge in [0.05, 0.1) is 0 Å². The summed E-state index contributed by atoms with van der Waals surface area (Å²) in [7, 11) is 0. The number of rotatable bonds is 5. The Bertz CT molecular complexity index is 491. The fourth-order valence-corrected chi connectivity index (χ4v) is 2.67. The second kappa shape index (κ2) is 6.05. The summed E-state index contributed by atoms with van der Waals surface area (Å²) in [5.41, 5.74) is 1.13. The lowest BCUT2D eigenvalue weighted by Gasteiger charge is -2.08. The minimum Gasteiger partial charge on any atom is -0.302 e. The quantitative estimate of drug-likeness (QED) is 0.769. The maximum atomic E-state index is 4.33. The van der Waals surface area contributed by atoms with Crippen LogP contribution >= 0.6 is 11.8 Å². The second-order valence-electron chi connectivity index (χ2n) is 4.62. The number of thioether (sulfide) groups is 1. The SMILES string of the molecule is CCn1c(SCC(C)C)nnc1-c1ccccc1. The summed E-state index contributed by atoms with van der Waals surface area (Å²) in [6.45, 7) is 7.47. The number of benzene rings is 1. The van der Waals surface area contributed by atoms with E-state index in [1.165, 1.54) is 0 Å². The molecule has 18 heavy (non-hydrogen) atoms. The Labute approximate surface area is 113 Å². The Balaban J connectivity index is 2.27. The van der Waals surface area contributed by atoms with Crippen LogP contribution in [0, 0.1) is 5.92 Å². The van der Waals surface area contributed by atoms with E-state index in [1.54, 1.807) is 11.8 Å². The van der Waals surface area contributed by atoms with Crippen LogP contribution in [0.4, 0.5) is 0 Å². The normalized spacial score (nSPS) is 11.1. The third kappa shape index (κ3) is 2.93. The summed E-state index contributed by atoms with van der Waals surface area (Å²) < 4.78 is 2.18. The lowest BCUT2D eigenvalue weighted by Crippen LogP contribution is -2.01. The van der Waals surface area contributed by atoms with Crippen LogP contribution in [0.3, 0.4) is 0 Å². The van der Waals surface area contributed by atoms with Crippen molar-refractivity contribution in [3.8, 4) is 11.4 Å². The summed E-state index contributed by atoms with van der Waals surface area (Å²) in [4.78, 5) is 0. The lowest BCUT2D eigenvalue weighted by molar-refractivity contribution is 0.682. The van der Waals surface area contributed by atoms with E-state index < -0.39 is 0 Å². The van der Waals surface area contributed by atoms with Gasteiger partial charge in [0.2, 0.25) is 0 Å². The first-order valence-corrected chi connectivity index (χ1v) is 7.32. The molecule has 0 fully saturated rings. The highest BCUT2D eigenvalue weighted by atomic mass is 32.2. The highest BCUT2D eigenvalue weighted by Gasteiger charge is 2.12. The molecule has 0 unspecified atom stereocenters. The van der Waals surface area contributed by atoms with Crippen molar-refractivity contribution < 1.29 is 0 Å². The molecule has 0 aliphatic rings. The Kier molecular flexibility index (Phi) is 4.42. The van der Waals surface area contributed by atoms with E-state index in [0.29, 0.717) is 5.92 Å². The van der Waals surface area contributed by atoms with Crippen LogP contribution in [0.5, 0.6) is 0 Å². The van der Waals surface area contributed by atoms with Gasteiger partial charge in [-0.1, -0.05) is 55.9 Å². The topological polar surface area (TPSA) is 30.7 Å². The molecule has 0 spiro atoms. The molecule has 0 bridgehead atoms. The Hall–Kier alpha value is -1.29. The number of aromatic nitrogens is 3. The fourth-order valence-electron chi connectivity index (χ4n) is 1.72. The van der Waals surface area contributed by atoms with E-state index in [2.05, 4.69) is 47.7 Å². The molecular formula is C14H19N3S. The highest BCUT2D eigenvalue weighted by molar-refractivity contribution is 7.99. The van der Waals surface area contributed by atoms with Gasteiger partial charge in [0.1, 0.15) is 0 Å². The van der Waals surface area contributed by atoms with Crippen LogP contribution in [0.2, 0.25) is 0 Å². The molecule has 0 aliphatic heterocycles. The summed E-state index contributed by atoms with van der Waals surface area (Å²) in [6.07, 6.45) is 0. The molecule has 0 atom stereocenters. The second-order valence-corrected chi connectivity index (χ2v) is 5.61. The monoisotopic (exact) mass is 261 g/mol. The Morgan fingerprint density at radius 2 is 1.89 bits per heavy atom.